The molecule has 0 amide bonds. The van der Waals surface area contributed by atoms with Crippen molar-refractivity contribution in [2.75, 3.05) is 0 Å². The van der Waals surface area contributed by atoms with E-state index in [-0.39, 0.29) is 6.10 Å². The van der Waals surface area contributed by atoms with E-state index >= 15 is 0 Å². The Balaban J connectivity index is 2.30. The largest absolute Gasteiger partial charge is 0.461 e. The first kappa shape index (κ1) is 11.9. The molecule has 0 fully saturated rings. The number of aliphatic hydroxyl groups is 1. The SMILES string of the molecule is CCc1ccccc1-c1ccc(CC(C)O)o1. The van der Waals surface area contributed by atoms with Gasteiger partial charge in [-0.2, -0.15) is 0 Å². The third-order valence-corrected chi connectivity index (χ3v) is 2.82. The van der Waals surface area contributed by atoms with Gasteiger partial charge in [0.15, 0.2) is 0 Å². The van der Waals surface area contributed by atoms with Crippen LogP contribution >= 0.6 is 0 Å². The van der Waals surface area contributed by atoms with Gasteiger partial charge in [-0.05, 0) is 31.0 Å². The fourth-order valence-corrected chi connectivity index (χ4v) is 1.99. The standard InChI is InChI=1S/C15H18O2/c1-3-12-6-4-5-7-14(12)15-9-8-13(17-15)10-11(2)16/h4-9,11,16H,3,10H2,1-2H3. The van der Waals surface area contributed by atoms with Crippen LogP contribution in [-0.2, 0) is 12.8 Å². The van der Waals surface area contributed by atoms with Gasteiger partial charge in [-0.15, -0.1) is 0 Å². The highest BCUT2D eigenvalue weighted by Crippen LogP contribution is 2.26. The topological polar surface area (TPSA) is 33.4 Å². The van der Waals surface area contributed by atoms with E-state index < -0.39 is 0 Å². The summed E-state index contributed by atoms with van der Waals surface area (Å²) in [5.74, 6) is 1.72. The van der Waals surface area contributed by atoms with Crippen molar-refractivity contribution in [3.8, 4) is 11.3 Å². The van der Waals surface area contributed by atoms with E-state index in [0.29, 0.717) is 6.42 Å². The van der Waals surface area contributed by atoms with Crippen molar-refractivity contribution >= 4 is 0 Å². The first-order valence-electron chi connectivity index (χ1n) is 6.05. The normalized spacial score (nSPS) is 12.6. The Morgan fingerprint density at radius 1 is 1.18 bits per heavy atom. The Labute approximate surface area is 102 Å². The molecule has 0 saturated carbocycles. The van der Waals surface area contributed by atoms with E-state index in [9.17, 15) is 5.11 Å². The molecule has 2 aromatic rings. The predicted octanol–water partition coefficient (Wildman–Crippen LogP) is 3.43. The molecule has 0 aliphatic heterocycles. The average molecular weight is 230 g/mol. The van der Waals surface area contributed by atoms with E-state index in [2.05, 4.69) is 19.1 Å². The van der Waals surface area contributed by atoms with Gasteiger partial charge >= 0.3 is 0 Å². The summed E-state index contributed by atoms with van der Waals surface area (Å²) >= 11 is 0. The molecule has 1 aromatic heterocycles. The minimum atomic E-state index is -0.365. The molecule has 0 saturated heterocycles. The Bertz CT molecular complexity index is 483. The van der Waals surface area contributed by atoms with Crippen molar-refractivity contribution in [2.45, 2.75) is 32.8 Å². The molecule has 1 aromatic carbocycles. The van der Waals surface area contributed by atoms with Crippen molar-refractivity contribution in [2.24, 2.45) is 0 Å². The first-order chi connectivity index (χ1) is 8.20. The molecule has 0 aliphatic rings. The van der Waals surface area contributed by atoms with E-state index in [1.54, 1.807) is 6.92 Å². The highest BCUT2D eigenvalue weighted by atomic mass is 16.3. The third kappa shape index (κ3) is 2.77. The van der Waals surface area contributed by atoms with Gasteiger partial charge in [0.1, 0.15) is 11.5 Å². The molecule has 1 heterocycles. The van der Waals surface area contributed by atoms with E-state index in [1.807, 2.05) is 24.3 Å². The lowest BCUT2D eigenvalue weighted by molar-refractivity contribution is 0.187. The van der Waals surface area contributed by atoms with Crippen LogP contribution < -0.4 is 0 Å². The molecule has 0 spiro atoms. The summed E-state index contributed by atoms with van der Waals surface area (Å²) in [7, 11) is 0. The lowest BCUT2D eigenvalue weighted by Gasteiger charge is -2.04. The highest BCUT2D eigenvalue weighted by Gasteiger charge is 2.09. The Kier molecular flexibility index (Phi) is 3.64. The molecule has 2 nitrogen and oxygen atoms in total. The Hall–Kier alpha value is -1.54. The second-order valence-corrected chi connectivity index (χ2v) is 4.33. The van der Waals surface area contributed by atoms with Crippen molar-refractivity contribution in [3.63, 3.8) is 0 Å². The van der Waals surface area contributed by atoms with E-state index in [1.165, 1.54) is 5.56 Å². The number of aliphatic hydroxyl groups excluding tert-OH is 1. The number of benzene rings is 1. The molecular weight excluding hydrogens is 212 g/mol. The summed E-state index contributed by atoms with van der Waals surface area (Å²) in [6.45, 7) is 3.90. The average Bonchev–Trinajstić information content (AvgIpc) is 2.76. The zero-order valence-electron chi connectivity index (χ0n) is 10.3. The Morgan fingerprint density at radius 3 is 2.65 bits per heavy atom. The van der Waals surface area contributed by atoms with Gasteiger partial charge in [0.25, 0.3) is 0 Å². The van der Waals surface area contributed by atoms with E-state index in [0.717, 1.165) is 23.5 Å². The molecule has 1 atom stereocenters. The molecule has 1 N–H and O–H groups in total. The van der Waals surface area contributed by atoms with Crippen LogP contribution in [0.4, 0.5) is 0 Å². The fourth-order valence-electron chi connectivity index (χ4n) is 1.99. The molecule has 17 heavy (non-hydrogen) atoms. The molecule has 90 valence electrons. The van der Waals surface area contributed by atoms with Crippen molar-refractivity contribution in [1.29, 1.82) is 0 Å². The predicted molar refractivity (Wildman–Crippen MR) is 68.9 cm³/mol. The lowest BCUT2D eigenvalue weighted by Crippen LogP contribution is -2.02. The molecule has 2 rings (SSSR count). The van der Waals surface area contributed by atoms with Gasteiger partial charge in [0, 0.05) is 12.0 Å². The van der Waals surface area contributed by atoms with Gasteiger partial charge in [-0.1, -0.05) is 31.2 Å². The maximum Gasteiger partial charge on any atom is 0.134 e. The Morgan fingerprint density at radius 2 is 1.94 bits per heavy atom. The van der Waals surface area contributed by atoms with Crippen molar-refractivity contribution in [1.82, 2.24) is 0 Å². The highest BCUT2D eigenvalue weighted by molar-refractivity contribution is 5.62. The minimum absolute atomic E-state index is 0.365. The fraction of sp³-hybridized carbons (Fsp3) is 0.333. The van der Waals surface area contributed by atoms with Crippen LogP contribution in [-0.4, -0.2) is 11.2 Å². The van der Waals surface area contributed by atoms with Gasteiger partial charge in [0.2, 0.25) is 0 Å². The summed E-state index contributed by atoms with van der Waals surface area (Å²) in [4.78, 5) is 0. The summed E-state index contributed by atoms with van der Waals surface area (Å²) in [6, 6.07) is 12.2. The smallest absolute Gasteiger partial charge is 0.134 e. The maximum atomic E-state index is 9.33. The lowest BCUT2D eigenvalue weighted by atomic mass is 10.0. The first-order valence-corrected chi connectivity index (χ1v) is 6.05. The third-order valence-electron chi connectivity index (χ3n) is 2.82. The minimum Gasteiger partial charge on any atom is -0.461 e. The van der Waals surface area contributed by atoms with Gasteiger partial charge in [0.05, 0.1) is 6.10 Å². The molecular formula is C15H18O2. The zero-order valence-corrected chi connectivity index (χ0v) is 10.3. The van der Waals surface area contributed by atoms with Crippen molar-refractivity contribution in [3.05, 3.63) is 47.7 Å². The van der Waals surface area contributed by atoms with Gasteiger partial charge in [-0.3, -0.25) is 0 Å². The van der Waals surface area contributed by atoms with Crippen LogP contribution in [0, 0.1) is 0 Å². The molecule has 1 unspecified atom stereocenters. The van der Waals surface area contributed by atoms with Gasteiger partial charge in [-0.25, -0.2) is 0 Å². The quantitative estimate of drug-likeness (QED) is 0.873. The van der Waals surface area contributed by atoms with Crippen LogP contribution in [0.1, 0.15) is 25.2 Å². The molecule has 2 heteroatoms. The van der Waals surface area contributed by atoms with Crippen LogP contribution in [0.2, 0.25) is 0 Å². The molecule has 0 aliphatic carbocycles. The summed E-state index contributed by atoms with van der Waals surface area (Å²) < 4.78 is 5.76. The number of furan rings is 1. The summed E-state index contributed by atoms with van der Waals surface area (Å²) in [5.41, 5.74) is 2.43. The summed E-state index contributed by atoms with van der Waals surface area (Å²) in [6.07, 6.45) is 1.19. The number of aryl methyl sites for hydroxylation is 1. The summed E-state index contributed by atoms with van der Waals surface area (Å²) in [5, 5.41) is 9.33. The number of rotatable bonds is 4. The number of hydrogen-bond donors (Lipinski definition) is 1. The van der Waals surface area contributed by atoms with E-state index in [4.69, 9.17) is 4.42 Å². The number of hydrogen-bond acceptors (Lipinski definition) is 2. The van der Waals surface area contributed by atoms with Gasteiger partial charge < -0.3 is 9.52 Å². The second kappa shape index (κ2) is 5.19. The van der Waals surface area contributed by atoms with Crippen LogP contribution in [0.25, 0.3) is 11.3 Å². The monoisotopic (exact) mass is 230 g/mol. The van der Waals surface area contributed by atoms with Crippen LogP contribution in [0.3, 0.4) is 0 Å². The zero-order chi connectivity index (χ0) is 12.3. The van der Waals surface area contributed by atoms with Crippen LogP contribution in [0.5, 0.6) is 0 Å². The molecule has 0 bridgehead atoms. The maximum absolute atomic E-state index is 9.33. The van der Waals surface area contributed by atoms with Crippen LogP contribution in [0.15, 0.2) is 40.8 Å². The van der Waals surface area contributed by atoms with Crippen molar-refractivity contribution < 1.29 is 9.52 Å². The molecule has 0 radical (unpaired) electrons. The second-order valence-electron chi connectivity index (χ2n) is 4.33.